The second-order valence-electron chi connectivity index (χ2n) is 4.44. The molecule has 0 saturated carbocycles. The van der Waals surface area contributed by atoms with Gasteiger partial charge in [-0.3, -0.25) is 0 Å². The molecule has 1 aromatic carbocycles. The standard InChI is InChI=1S/C14H20F2O2/c15-13(16)10-5-3-1-2-4-7-11-8-6-9-12(17)14(11)18/h6,8-9,13,17-18H,1-5,7,10H2/p-2. The monoisotopic (exact) mass is 256 g/mol. The average molecular weight is 256 g/mol. The number of rotatable bonds is 8. The van der Waals surface area contributed by atoms with Crippen LogP contribution in [0.3, 0.4) is 0 Å². The minimum absolute atomic E-state index is 0.0249. The highest BCUT2D eigenvalue weighted by atomic mass is 19.3. The lowest BCUT2D eigenvalue weighted by Crippen LogP contribution is -2.03. The van der Waals surface area contributed by atoms with Crippen LogP contribution in [-0.4, -0.2) is 6.43 Å². The van der Waals surface area contributed by atoms with Crippen LogP contribution in [0.2, 0.25) is 0 Å². The van der Waals surface area contributed by atoms with Crippen LogP contribution in [0.25, 0.3) is 0 Å². The van der Waals surface area contributed by atoms with Gasteiger partial charge in [0.1, 0.15) is 0 Å². The number of hydrogen-bond acceptors (Lipinski definition) is 2. The highest BCUT2D eigenvalue weighted by molar-refractivity contribution is 5.42. The van der Waals surface area contributed by atoms with E-state index in [9.17, 15) is 19.0 Å². The number of benzene rings is 1. The molecule has 1 aromatic rings. The summed E-state index contributed by atoms with van der Waals surface area (Å²) in [4.78, 5) is 0. The number of hydrogen-bond donors (Lipinski definition) is 0. The van der Waals surface area contributed by atoms with Gasteiger partial charge < -0.3 is 10.2 Å². The Morgan fingerprint density at radius 3 is 2.33 bits per heavy atom. The molecule has 0 N–H and O–H groups in total. The van der Waals surface area contributed by atoms with Gasteiger partial charge in [0.05, 0.1) is 0 Å². The third-order valence-electron chi connectivity index (χ3n) is 2.93. The molecular formula is C14H18F2O2-2. The Morgan fingerprint density at radius 2 is 1.61 bits per heavy atom. The van der Waals surface area contributed by atoms with E-state index in [1.807, 2.05) is 0 Å². The van der Waals surface area contributed by atoms with Crippen molar-refractivity contribution in [3.05, 3.63) is 23.8 Å². The van der Waals surface area contributed by atoms with E-state index in [4.69, 9.17) is 0 Å². The second kappa shape index (κ2) is 7.90. The number of alkyl halides is 2. The molecule has 4 heteroatoms. The van der Waals surface area contributed by atoms with Crippen LogP contribution < -0.4 is 10.2 Å². The summed E-state index contributed by atoms with van der Waals surface area (Å²) >= 11 is 0. The maximum absolute atomic E-state index is 11.8. The van der Waals surface area contributed by atoms with Crippen LogP contribution in [0.15, 0.2) is 18.2 Å². The van der Waals surface area contributed by atoms with E-state index in [0.717, 1.165) is 25.7 Å². The van der Waals surface area contributed by atoms with Gasteiger partial charge in [0.15, 0.2) is 0 Å². The molecule has 1 rings (SSSR count). The van der Waals surface area contributed by atoms with E-state index >= 15 is 0 Å². The predicted octanol–water partition coefficient (Wildman–Crippen LogP) is 2.98. The fourth-order valence-corrected chi connectivity index (χ4v) is 1.90. The first-order valence-corrected chi connectivity index (χ1v) is 6.35. The second-order valence-corrected chi connectivity index (χ2v) is 4.44. The largest absolute Gasteiger partial charge is 0.873 e. The summed E-state index contributed by atoms with van der Waals surface area (Å²) in [6.45, 7) is 0. The summed E-state index contributed by atoms with van der Waals surface area (Å²) < 4.78 is 23.7. The molecule has 0 saturated heterocycles. The first kappa shape index (κ1) is 14.7. The summed E-state index contributed by atoms with van der Waals surface area (Å²) in [6, 6.07) is 4.55. The summed E-state index contributed by atoms with van der Waals surface area (Å²) in [5.41, 5.74) is 0.565. The van der Waals surface area contributed by atoms with E-state index < -0.39 is 17.9 Å². The van der Waals surface area contributed by atoms with Crippen molar-refractivity contribution in [2.45, 2.75) is 51.4 Å². The van der Waals surface area contributed by atoms with Gasteiger partial charge in [-0.15, -0.1) is 11.5 Å². The van der Waals surface area contributed by atoms with Crippen LogP contribution in [0.1, 0.15) is 44.1 Å². The molecule has 0 spiro atoms. The van der Waals surface area contributed by atoms with Crippen LogP contribution in [0, 0.1) is 0 Å². The third-order valence-corrected chi connectivity index (χ3v) is 2.93. The lowest BCUT2D eigenvalue weighted by atomic mass is 10.0. The third kappa shape index (κ3) is 5.34. The van der Waals surface area contributed by atoms with Gasteiger partial charge in [-0.2, -0.15) is 0 Å². The molecule has 102 valence electrons. The van der Waals surface area contributed by atoms with Gasteiger partial charge in [-0.25, -0.2) is 8.78 Å². The van der Waals surface area contributed by atoms with Crippen molar-refractivity contribution in [1.82, 2.24) is 0 Å². The molecule has 0 aliphatic carbocycles. The van der Waals surface area contributed by atoms with E-state index in [-0.39, 0.29) is 6.42 Å². The summed E-state index contributed by atoms with van der Waals surface area (Å²) in [7, 11) is 0. The van der Waals surface area contributed by atoms with Crippen molar-refractivity contribution >= 4 is 0 Å². The first-order chi connectivity index (χ1) is 8.61. The van der Waals surface area contributed by atoms with E-state index in [1.54, 1.807) is 12.1 Å². The van der Waals surface area contributed by atoms with Crippen molar-refractivity contribution in [2.24, 2.45) is 0 Å². The SMILES string of the molecule is [O-]c1cccc(CCCCCCCC(F)F)c1[O-]. The zero-order valence-corrected chi connectivity index (χ0v) is 10.3. The maximum Gasteiger partial charge on any atom is 0.238 e. The molecule has 0 amide bonds. The zero-order chi connectivity index (χ0) is 13.4. The number of unbranched alkanes of at least 4 members (excludes halogenated alkanes) is 4. The summed E-state index contributed by atoms with van der Waals surface area (Å²) in [5.74, 6) is -0.861. The molecule has 18 heavy (non-hydrogen) atoms. The number of aryl methyl sites for hydroxylation is 1. The molecule has 0 atom stereocenters. The Morgan fingerprint density at radius 1 is 0.944 bits per heavy atom. The van der Waals surface area contributed by atoms with E-state index in [0.29, 0.717) is 18.4 Å². The van der Waals surface area contributed by atoms with Crippen LogP contribution in [0.4, 0.5) is 8.78 Å². The molecule has 0 unspecified atom stereocenters. The van der Waals surface area contributed by atoms with Crippen molar-refractivity contribution in [1.29, 1.82) is 0 Å². The minimum Gasteiger partial charge on any atom is -0.873 e. The molecule has 0 aromatic heterocycles. The number of halogens is 2. The Bertz CT molecular complexity index is 354. The Labute approximate surface area is 106 Å². The quantitative estimate of drug-likeness (QED) is 0.671. The van der Waals surface area contributed by atoms with Gasteiger partial charge in [0, 0.05) is 6.42 Å². The number of para-hydroxylation sites is 1. The predicted molar refractivity (Wildman–Crippen MR) is 62.7 cm³/mol. The van der Waals surface area contributed by atoms with Crippen LogP contribution in [0.5, 0.6) is 11.5 Å². The van der Waals surface area contributed by atoms with Crippen molar-refractivity contribution in [3.8, 4) is 11.5 Å². The fraction of sp³-hybridized carbons (Fsp3) is 0.571. The molecule has 0 radical (unpaired) electrons. The van der Waals surface area contributed by atoms with Crippen LogP contribution in [-0.2, 0) is 6.42 Å². The highest BCUT2D eigenvalue weighted by Crippen LogP contribution is 2.24. The van der Waals surface area contributed by atoms with E-state index in [1.165, 1.54) is 6.07 Å². The van der Waals surface area contributed by atoms with Gasteiger partial charge in [-0.1, -0.05) is 43.0 Å². The lowest BCUT2D eigenvalue weighted by Gasteiger charge is -2.21. The topological polar surface area (TPSA) is 46.1 Å². The summed E-state index contributed by atoms with van der Waals surface area (Å²) in [6.07, 6.45) is 2.37. The average Bonchev–Trinajstić information content (AvgIpc) is 2.32. The Balaban J connectivity index is 2.13. The molecule has 2 nitrogen and oxygen atoms in total. The smallest absolute Gasteiger partial charge is 0.238 e. The zero-order valence-electron chi connectivity index (χ0n) is 10.3. The molecule has 0 bridgehead atoms. The highest BCUT2D eigenvalue weighted by Gasteiger charge is 2.01. The van der Waals surface area contributed by atoms with Crippen molar-refractivity contribution < 1.29 is 19.0 Å². The molecule has 0 fully saturated rings. The van der Waals surface area contributed by atoms with Gasteiger partial charge in [-0.05, 0) is 19.3 Å². The van der Waals surface area contributed by atoms with Crippen molar-refractivity contribution in [2.75, 3.05) is 0 Å². The van der Waals surface area contributed by atoms with Gasteiger partial charge in [0.25, 0.3) is 0 Å². The molecular weight excluding hydrogens is 238 g/mol. The fourth-order valence-electron chi connectivity index (χ4n) is 1.90. The first-order valence-electron chi connectivity index (χ1n) is 6.35. The Kier molecular flexibility index (Phi) is 6.47. The summed E-state index contributed by atoms with van der Waals surface area (Å²) in [5, 5.41) is 22.5. The molecule has 0 aliphatic rings. The van der Waals surface area contributed by atoms with E-state index in [2.05, 4.69) is 0 Å². The van der Waals surface area contributed by atoms with Gasteiger partial charge >= 0.3 is 0 Å². The van der Waals surface area contributed by atoms with Crippen molar-refractivity contribution in [3.63, 3.8) is 0 Å². The molecule has 0 aliphatic heterocycles. The molecule has 0 heterocycles. The normalized spacial score (nSPS) is 11.1. The van der Waals surface area contributed by atoms with Gasteiger partial charge in [0.2, 0.25) is 6.43 Å². The Hall–Kier alpha value is -1.32. The minimum atomic E-state index is -2.20. The van der Waals surface area contributed by atoms with Crippen LogP contribution >= 0.6 is 0 Å². The maximum atomic E-state index is 11.8. The lowest BCUT2D eigenvalue weighted by molar-refractivity contribution is -0.318.